The molecule has 3 rings (SSSR count). The number of carbonyl (C=O) groups is 3. The molecule has 0 radical (unpaired) electrons. The number of hydrogen-bond donors (Lipinski definition) is 3. The average molecular weight is 475 g/mol. The maximum absolute atomic E-state index is 13.7. The van der Waals surface area contributed by atoms with Crippen LogP contribution in [0.3, 0.4) is 0 Å². The van der Waals surface area contributed by atoms with Gasteiger partial charge < -0.3 is 25.4 Å². The van der Waals surface area contributed by atoms with Gasteiger partial charge in [0.05, 0.1) is 17.4 Å². The molecular weight excluding hydrogens is 448 g/mol. The Labute approximate surface area is 197 Å². The second-order valence-electron chi connectivity index (χ2n) is 8.25. The molecule has 0 spiro atoms. The Morgan fingerprint density at radius 2 is 1.88 bits per heavy atom. The summed E-state index contributed by atoms with van der Waals surface area (Å²) in [6.07, 6.45) is -0.653. The van der Waals surface area contributed by atoms with E-state index in [4.69, 9.17) is 16.3 Å². The first-order chi connectivity index (χ1) is 15.6. The predicted molar refractivity (Wildman–Crippen MR) is 123 cm³/mol. The minimum absolute atomic E-state index is 0.0461. The first-order valence-corrected chi connectivity index (χ1v) is 10.9. The number of amides is 3. The highest BCUT2D eigenvalue weighted by Gasteiger charge is 2.54. The van der Waals surface area contributed by atoms with E-state index in [1.54, 1.807) is 0 Å². The molecule has 10 heteroatoms. The van der Waals surface area contributed by atoms with Crippen LogP contribution in [0.15, 0.2) is 36.5 Å². The van der Waals surface area contributed by atoms with E-state index in [0.29, 0.717) is 0 Å². The van der Waals surface area contributed by atoms with E-state index in [1.807, 2.05) is 38.1 Å². The molecule has 0 bridgehead atoms. The SMILES string of the molecule is CNC(=O)c1cc(Cl)ncc1NC(=O)C1(c2ccccc2C(C)C)CN(C(=O)OC(C)O)C1. The number of likely N-dealkylation sites (tertiary alicyclic amines) is 1. The van der Waals surface area contributed by atoms with Gasteiger partial charge in [-0.1, -0.05) is 49.7 Å². The van der Waals surface area contributed by atoms with Gasteiger partial charge in [0.1, 0.15) is 10.6 Å². The molecule has 1 unspecified atom stereocenters. The number of halogens is 1. The van der Waals surface area contributed by atoms with E-state index < -0.39 is 29.6 Å². The predicted octanol–water partition coefficient (Wildman–Crippen LogP) is 2.89. The highest BCUT2D eigenvalue weighted by molar-refractivity contribution is 6.30. The summed E-state index contributed by atoms with van der Waals surface area (Å²) in [5.74, 6) is -0.698. The van der Waals surface area contributed by atoms with Gasteiger partial charge in [-0.15, -0.1) is 0 Å². The zero-order valence-electron chi connectivity index (χ0n) is 18.9. The normalized spacial score (nSPS) is 15.4. The van der Waals surface area contributed by atoms with Crippen LogP contribution in [0.5, 0.6) is 0 Å². The molecular formula is C23H27ClN4O5. The second-order valence-corrected chi connectivity index (χ2v) is 8.64. The summed E-state index contributed by atoms with van der Waals surface area (Å²) in [6.45, 7) is 5.47. The van der Waals surface area contributed by atoms with Crippen molar-refractivity contribution < 1.29 is 24.2 Å². The van der Waals surface area contributed by atoms with Gasteiger partial charge in [-0.2, -0.15) is 0 Å². The Morgan fingerprint density at radius 1 is 1.21 bits per heavy atom. The molecule has 0 aliphatic carbocycles. The number of aromatic nitrogens is 1. The highest BCUT2D eigenvalue weighted by atomic mass is 35.5. The Bertz CT molecular complexity index is 1070. The number of pyridine rings is 1. The molecule has 3 N–H and O–H groups in total. The lowest BCUT2D eigenvalue weighted by atomic mass is 9.70. The first-order valence-electron chi connectivity index (χ1n) is 10.5. The largest absolute Gasteiger partial charge is 0.420 e. The van der Waals surface area contributed by atoms with Crippen LogP contribution in [-0.2, 0) is 14.9 Å². The zero-order chi connectivity index (χ0) is 24.3. The second kappa shape index (κ2) is 9.76. The number of hydrogen-bond acceptors (Lipinski definition) is 6. The molecule has 1 fully saturated rings. The van der Waals surface area contributed by atoms with E-state index in [0.717, 1.165) is 11.1 Å². The monoisotopic (exact) mass is 474 g/mol. The summed E-state index contributed by atoms with van der Waals surface area (Å²) >= 11 is 5.95. The Kier molecular flexibility index (Phi) is 7.24. The van der Waals surface area contributed by atoms with Gasteiger partial charge in [0.25, 0.3) is 5.91 Å². The molecule has 0 saturated carbocycles. The van der Waals surface area contributed by atoms with Gasteiger partial charge in [-0.05, 0) is 30.0 Å². The summed E-state index contributed by atoms with van der Waals surface area (Å²) in [6, 6.07) is 8.93. The molecule has 33 heavy (non-hydrogen) atoms. The standard InChI is InChI=1S/C23H27ClN4O5/c1-13(2)15-7-5-6-8-17(15)23(11-28(12-23)22(32)33-14(3)29)21(31)27-18-10-26-19(24)9-16(18)20(30)25-4/h5-10,13-14,29H,11-12H2,1-4H3,(H,25,30)(H,27,31). The Hall–Kier alpha value is -3.17. The van der Waals surface area contributed by atoms with Crippen molar-refractivity contribution in [2.75, 3.05) is 25.5 Å². The lowest BCUT2D eigenvalue weighted by Crippen LogP contribution is -2.67. The molecule has 1 atom stereocenters. The molecule has 1 aliphatic rings. The topological polar surface area (TPSA) is 121 Å². The van der Waals surface area contributed by atoms with Gasteiger partial charge in [0, 0.05) is 20.1 Å². The first kappa shape index (κ1) is 24.5. The molecule has 176 valence electrons. The number of anilines is 1. The molecule has 1 aliphatic heterocycles. The van der Waals surface area contributed by atoms with Crippen molar-refractivity contribution in [3.05, 3.63) is 58.4 Å². The van der Waals surface area contributed by atoms with Crippen molar-refractivity contribution in [3.8, 4) is 0 Å². The smallest absolute Gasteiger partial charge is 0.412 e. The lowest BCUT2D eigenvalue weighted by Gasteiger charge is -2.49. The van der Waals surface area contributed by atoms with Crippen molar-refractivity contribution in [1.29, 1.82) is 0 Å². The quantitative estimate of drug-likeness (QED) is 0.437. The van der Waals surface area contributed by atoms with E-state index in [2.05, 4.69) is 15.6 Å². The number of aliphatic hydroxyl groups is 1. The van der Waals surface area contributed by atoms with Crippen LogP contribution in [0.2, 0.25) is 5.15 Å². The van der Waals surface area contributed by atoms with Crippen molar-refractivity contribution in [3.63, 3.8) is 0 Å². The van der Waals surface area contributed by atoms with Gasteiger partial charge in [-0.3, -0.25) is 9.59 Å². The van der Waals surface area contributed by atoms with Gasteiger partial charge >= 0.3 is 6.09 Å². The third-order valence-electron chi connectivity index (χ3n) is 5.57. The lowest BCUT2D eigenvalue weighted by molar-refractivity contribution is -0.128. The van der Waals surface area contributed by atoms with E-state index >= 15 is 0 Å². The van der Waals surface area contributed by atoms with Crippen LogP contribution in [0.4, 0.5) is 10.5 Å². The maximum Gasteiger partial charge on any atom is 0.412 e. The maximum atomic E-state index is 13.7. The van der Waals surface area contributed by atoms with Gasteiger partial charge in [0.2, 0.25) is 5.91 Å². The van der Waals surface area contributed by atoms with Gasteiger partial charge in [-0.25, -0.2) is 9.78 Å². The number of aliphatic hydroxyl groups excluding tert-OH is 1. The number of benzene rings is 1. The summed E-state index contributed by atoms with van der Waals surface area (Å²) in [7, 11) is 1.47. The Balaban J connectivity index is 2.00. The number of nitrogens with zero attached hydrogens (tertiary/aromatic N) is 2. The van der Waals surface area contributed by atoms with Crippen molar-refractivity contribution >= 4 is 35.2 Å². The number of rotatable bonds is 6. The summed E-state index contributed by atoms with van der Waals surface area (Å²) in [5.41, 5.74) is 1.04. The van der Waals surface area contributed by atoms with Crippen LogP contribution in [0, 0.1) is 0 Å². The minimum atomic E-state index is -1.26. The molecule has 2 heterocycles. The van der Waals surface area contributed by atoms with E-state index in [9.17, 15) is 19.5 Å². The summed E-state index contributed by atoms with van der Waals surface area (Å²) in [4.78, 5) is 43.7. The third-order valence-corrected chi connectivity index (χ3v) is 5.78. The molecule has 2 aromatic rings. The average Bonchev–Trinajstić information content (AvgIpc) is 2.73. The molecule has 1 aromatic carbocycles. The zero-order valence-corrected chi connectivity index (χ0v) is 19.6. The van der Waals surface area contributed by atoms with Crippen LogP contribution >= 0.6 is 11.6 Å². The number of carbonyl (C=O) groups excluding carboxylic acids is 3. The molecule has 1 aromatic heterocycles. The van der Waals surface area contributed by atoms with Crippen LogP contribution in [-0.4, -0.2) is 59.3 Å². The minimum Gasteiger partial charge on any atom is -0.420 e. The van der Waals surface area contributed by atoms with Crippen molar-refractivity contribution in [2.45, 2.75) is 38.4 Å². The number of ether oxygens (including phenoxy) is 1. The summed E-state index contributed by atoms with van der Waals surface area (Å²) in [5, 5.41) is 14.8. The highest BCUT2D eigenvalue weighted by Crippen LogP contribution is 2.40. The Morgan fingerprint density at radius 3 is 2.48 bits per heavy atom. The fourth-order valence-corrected chi connectivity index (χ4v) is 4.08. The van der Waals surface area contributed by atoms with Crippen LogP contribution < -0.4 is 10.6 Å². The molecule has 9 nitrogen and oxygen atoms in total. The van der Waals surface area contributed by atoms with Crippen LogP contribution in [0.25, 0.3) is 0 Å². The fraction of sp³-hybridized carbons (Fsp3) is 0.391. The van der Waals surface area contributed by atoms with Crippen molar-refractivity contribution in [2.24, 2.45) is 0 Å². The number of nitrogens with one attached hydrogen (secondary N) is 2. The fourth-order valence-electron chi connectivity index (χ4n) is 3.92. The van der Waals surface area contributed by atoms with E-state index in [1.165, 1.54) is 31.1 Å². The molecule has 3 amide bonds. The third kappa shape index (κ3) is 4.94. The summed E-state index contributed by atoms with van der Waals surface area (Å²) < 4.78 is 4.87. The van der Waals surface area contributed by atoms with Crippen LogP contribution in [0.1, 0.15) is 48.2 Å². The van der Waals surface area contributed by atoms with E-state index in [-0.39, 0.29) is 35.4 Å². The molecule has 1 saturated heterocycles. The van der Waals surface area contributed by atoms with Crippen molar-refractivity contribution in [1.82, 2.24) is 15.2 Å². The van der Waals surface area contributed by atoms with Gasteiger partial charge in [0.15, 0.2) is 6.29 Å².